The second-order valence-corrected chi connectivity index (χ2v) is 5.27. The Morgan fingerprint density at radius 3 is 2.71 bits per heavy atom. The lowest BCUT2D eigenvalue weighted by Crippen LogP contribution is -2.25. The van der Waals surface area contributed by atoms with Crippen molar-refractivity contribution in [2.24, 2.45) is 11.7 Å². The molecule has 0 radical (unpaired) electrons. The van der Waals surface area contributed by atoms with Gasteiger partial charge in [0.25, 0.3) is 0 Å². The van der Waals surface area contributed by atoms with Crippen molar-refractivity contribution >= 4 is 11.3 Å². The first kappa shape index (κ1) is 11.7. The average molecular weight is 211 g/mol. The number of hydrogen-bond acceptors (Lipinski definition) is 2. The minimum absolute atomic E-state index is 0.387. The van der Waals surface area contributed by atoms with Crippen molar-refractivity contribution in [3.05, 3.63) is 22.4 Å². The number of aryl methyl sites for hydroxylation is 1. The molecule has 0 aromatic carbocycles. The molecule has 14 heavy (non-hydrogen) atoms. The highest BCUT2D eigenvalue weighted by molar-refractivity contribution is 7.09. The molecule has 1 aromatic heterocycles. The van der Waals surface area contributed by atoms with E-state index in [-0.39, 0.29) is 0 Å². The standard InChI is InChI=1S/C12H21NS/c1-10(2)12(13)8-4-3-6-11-7-5-9-14-11/h5,7,9-10,12H,3-4,6,8,13H2,1-2H3. The summed E-state index contributed by atoms with van der Waals surface area (Å²) in [5.41, 5.74) is 5.98. The minimum Gasteiger partial charge on any atom is -0.327 e. The number of thiophene rings is 1. The zero-order valence-corrected chi connectivity index (χ0v) is 10.0. The van der Waals surface area contributed by atoms with Crippen molar-refractivity contribution < 1.29 is 0 Å². The number of hydrogen-bond donors (Lipinski definition) is 1. The number of rotatable bonds is 6. The Kier molecular flexibility index (Phi) is 5.20. The van der Waals surface area contributed by atoms with Crippen LogP contribution < -0.4 is 5.73 Å². The Balaban J connectivity index is 2.05. The quantitative estimate of drug-likeness (QED) is 0.717. The van der Waals surface area contributed by atoms with Crippen LogP contribution in [0.3, 0.4) is 0 Å². The summed E-state index contributed by atoms with van der Waals surface area (Å²) in [7, 11) is 0. The Bertz CT molecular complexity index is 228. The van der Waals surface area contributed by atoms with Crippen molar-refractivity contribution in [2.45, 2.75) is 45.6 Å². The first-order valence-electron chi connectivity index (χ1n) is 5.48. The van der Waals surface area contributed by atoms with Gasteiger partial charge in [-0.1, -0.05) is 26.3 Å². The molecule has 1 rings (SSSR count). The van der Waals surface area contributed by atoms with E-state index in [9.17, 15) is 0 Å². The fraction of sp³-hybridized carbons (Fsp3) is 0.667. The number of unbranched alkanes of at least 4 members (excludes halogenated alkanes) is 1. The van der Waals surface area contributed by atoms with Gasteiger partial charge in [-0.3, -0.25) is 0 Å². The highest BCUT2D eigenvalue weighted by Gasteiger charge is 2.06. The monoisotopic (exact) mass is 211 g/mol. The van der Waals surface area contributed by atoms with E-state index < -0.39 is 0 Å². The maximum atomic E-state index is 5.98. The molecule has 1 aromatic rings. The van der Waals surface area contributed by atoms with Gasteiger partial charge in [-0.15, -0.1) is 11.3 Å². The summed E-state index contributed by atoms with van der Waals surface area (Å²) in [4.78, 5) is 1.50. The van der Waals surface area contributed by atoms with Gasteiger partial charge in [-0.2, -0.15) is 0 Å². The van der Waals surface area contributed by atoms with Gasteiger partial charge in [0.05, 0.1) is 0 Å². The molecule has 0 fully saturated rings. The summed E-state index contributed by atoms with van der Waals surface area (Å²) in [6.07, 6.45) is 4.93. The summed E-state index contributed by atoms with van der Waals surface area (Å²) in [5.74, 6) is 0.622. The van der Waals surface area contributed by atoms with Crippen LogP contribution >= 0.6 is 11.3 Å². The Labute approximate surface area is 91.3 Å². The lowest BCUT2D eigenvalue weighted by molar-refractivity contribution is 0.446. The molecular weight excluding hydrogens is 190 g/mol. The van der Waals surface area contributed by atoms with Gasteiger partial charge in [-0.05, 0) is 36.6 Å². The van der Waals surface area contributed by atoms with Crippen molar-refractivity contribution in [1.82, 2.24) is 0 Å². The summed E-state index contributed by atoms with van der Waals surface area (Å²) < 4.78 is 0. The third kappa shape index (κ3) is 4.25. The minimum atomic E-state index is 0.387. The number of nitrogens with two attached hydrogens (primary N) is 1. The molecular formula is C12H21NS. The van der Waals surface area contributed by atoms with Gasteiger partial charge in [0.15, 0.2) is 0 Å². The molecule has 0 saturated heterocycles. The molecule has 1 atom stereocenters. The first-order chi connectivity index (χ1) is 6.70. The van der Waals surface area contributed by atoms with Gasteiger partial charge in [0.2, 0.25) is 0 Å². The van der Waals surface area contributed by atoms with Crippen LogP contribution in [-0.4, -0.2) is 6.04 Å². The van der Waals surface area contributed by atoms with Gasteiger partial charge in [0.1, 0.15) is 0 Å². The van der Waals surface area contributed by atoms with E-state index in [1.807, 2.05) is 11.3 Å². The van der Waals surface area contributed by atoms with Crippen LogP contribution in [0.2, 0.25) is 0 Å². The summed E-state index contributed by atoms with van der Waals surface area (Å²) in [6.45, 7) is 4.40. The Hall–Kier alpha value is -0.340. The average Bonchev–Trinajstić information content (AvgIpc) is 2.64. The van der Waals surface area contributed by atoms with Crippen LogP contribution in [0.25, 0.3) is 0 Å². The van der Waals surface area contributed by atoms with Gasteiger partial charge >= 0.3 is 0 Å². The Morgan fingerprint density at radius 2 is 2.14 bits per heavy atom. The second kappa shape index (κ2) is 6.20. The van der Waals surface area contributed by atoms with Crippen molar-refractivity contribution in [1.29, 1.82) is 0 Å². The van der Waals surface area contributed by atoms with Crippen LogP contribution in [0.15, 0.2) is 17.5 Å². The maximum Gasteiger partial charge on any atom is 0.00618 e. The van der Waals surface area contributed by atoms with Gasteiger partial charge < -0.3 is 5.73 Å². The molecule has 1 nitrogen and oxygen atoms in total. The van der Waals surface area contributed by atoms with Crippen molar-refractivity contribution in [2.75, 3.05) is 0 Å². The van der Waals surface area contributed by atoms with Crippen molar-refractivity contribution in [3.63, 3.8) is 0 Å². The van der Waals surface area contributed by atoms with Crippen LogP contribution in [0, 0.1) is 5.92 Å². The first-order valence-corrected chi connectivity index (χ1v) is 6.36. The highest BCUT2D eigenvalue weighted by Crippen LogP contribution is 2.14. The summed E-state index contributed by atoms with van der Waals surface area (Å²) in [5, 5.41) is 2.15. The lowest BCUT2D eigenvalue weighted by Gasteiger charge is -2.14. The maximum absolute atomic E-state index is 5.98. The van der Waals surface area contributed by atoms with Crippen molar-refractivity contribution in [3.8, 4) is 0 Å². The summed E-state index contributed by atoms with van der Waals surface area (Å²) in [6, 6.07) is 4.73. The fourth-order valence-electron chi connectivity index (χ4n) is 1.47. The molecule has 0 saturated carbocycles. The van der Waals surface area contributed by atoms with E-state index in [4.69, 9.17) is 5.73 Å². The second-order valence-electron chi connectivity index (χ2n) is 4.23. The van der Waals surface area contributed by atoms with Gasteiger partial charge in [0, 0.05) is 10.9 Å². The molecule has 1 unspecified atom stereocenters. The van der Waals surface area contributed by atoms with E-state index in [2.05, 4.69) is 31.4 Å². The van der Waals surface area contributed by atoms with Crippen LogP contribution in [0.4, 0.5) is 0 Å². The fourth-order valence-corrected chi connectivity index (χ4v) is 2.22. The highest BCUT2D eigenvalue weighted by atomic mass is 32.1. The lowest BCUT2D eigenvalue weighted by atomic mass is 9.99. The van der Waals surface area contributed by atoms with Gasteiger partial charge in [-0.25, -0.2) is 0 Å². The normalized spacial score (nSPS) is 13.4. The SMILES string of the molecule is CC(C)C(N)CCCCc1cccs1. The molecule has 2 heteroatoms. The summed E-state index contributed by atoms with van der Waals surface area (Å²) >= 11 is 1.86. The van der Waals surface area contributed by atoms with Crippen LogP contribution in [0.1, 0.15) is 38.0 Å². The third-order valence-corrected chi connectivity index (χ3v) is 3.58. The molecule has 2 N–H and O–H groups in total. The predicted molar refractivity (Wildman–Crippen MR) is 64.7 cm³/mol. The molecule has 0 aliphatic heterocycles. The molecule has 80 valence electrons. The van der Waals surface area contributed by atoms with E-state index in [1.165, 1.54) is 30.6 Å². The molecule has 0 aliphatic carbocycles. The van der Waals surface area contributed by atoms with E-state index >= 15 is 0 Å². The third-order valence-electron chi connectivity index (χ3n) is 2.65. The topological polar surface area (TPSA) is 26.0 Å². The molecule has 0 aliphatic rings. The largest absolute Gasteiger partial charge is 0.327 e. The smallest absolute Gasteiger partial charge is 0.00618 e. The van der Waals surface area contributed by atoms with Crippen LogP contribution in [0.5, 0.6) is 0 Å². The zero-order chi connectivity index (χ0) is 10.4. The predicted octanol–water partition coefficient (Wildman–Crippen LogP) is 3.44. The Morgan fingerprint density at radius 1 is 1.36 bits per heavy atom. The van der Waals surface area contributed by atoms with Crippen LogP contribution in [-0.2, 0) is 6.42 Å². The van der Waals surface area contributed by atoms with E-state index in [0.29, 0.717) is 12.0 Å². The molecule has 0 spiro atoms. The zero-order valence-electron chi connectivity index (χ0n) is 9.20. The van der Waals surface area contributed by atoms with E-state index in [0.717, 1.165) is 0 Å². The molecule has 0 amide bonds. The molecule has 1 heterocycles. The van der Waals surface area contributed by atoms with E-state index in [1.54, 1.807) is 0 Å². The molecule has 0 bridgehead atoms.